The van der Waals surface area contributed by atoms with Gasteiger partial charge in [0.2, 0.25) is 0 Å². The second-order valence-electron chi connectivity index (χ2n) is 3.96. The molecule has 0 bridgehead atoms. The smallest absolute Gasteiger partial charge is 0.161 e. The van der Waals surface area contributed by atoms with Crippen LogP contribution in [-0.2, 0) is 0 Å². The van der Waals surface area contributed by atoms with Crippen LogP contribution in [-0.4, -0.2) is 7.05 Å². The number of hydrogen-bond acceptors (Lipinski definition) is 2. The lowest BCUT2D eigenvalue weighted by molar-refractivity contribution is 0.496. The third-order valence-corrected chi connectivity index (χ3v) is 4.06. The Hall–Kier alpha value is -1.33. The van der Waals surface area contributed by atoms with Gasteiger partial charge in [0.25, 0.3) is 0 Å². The van der Waals surface area contributed by atoms with Crippen LogP contribution in [0.2, 0.25) is 0 Å². The number of thiophene rings is 1. The van der Waals surface area contributed by atoms with Gasteiger partial charge in [0.15, 0.2) is 11.6 Å². The molecule has 0 aliphatic heterocycles. The molecule has 0 saturated carbocycles. The van der Waals surface area contributed by atoms with Crippen LogP contribution in [0.25, 0.3) is 10.4 Å². The van der Waals surface area contributed by atoms with Crippen LogP contribution in [0, 0.1) is 17.5 Å². The van der Waals surface area contributed by atoms with Gasteiger partial charge in [-0.15, -0.1) is 11.3 Å². The fourth-order valence-corrected chi connectivity index (χ4v) is 2.67. The second-order valence-corrected chi connectivity index (χ2v) is 5.07. The minimum atomic E-state index is -1.17. The molecule has 96 valence electrons. The zero-order valence-electron chi connectivity index (χ0n) is 9.93. The molecule has 1 unspecified atom stereocenters. The third kappa shape index (κ3) is 2.42. The summed E-state index contributed by atoms with van der Waals surface area (Å²) >= 11 is 1.36. The maximum atomic E-state index is 13.6. The molecule has 1 aromatic carbocycles. The summed E-state index contributed by atoms with van der Waals surface area (Å²) in [5.41, 5.74) is 0.0912. The van der Waals surface area contributed by atoms with Crippen molar-refractivity contribution in [3.05, 3.63) is 46.6 Å². The minimum Gasteiger partial charge on any atom is -0.313 e. The van der Waals surface area contributed by atoms with Gasteiger partial charge in [0.05, 0.1) is 0 Å². The molecule has 1 aromatic heterocycles. The Morgan fingerprint density at radius 1 is 1.06 bits per heavy atom. The Kier molecular flexibility index (Phi) is 3.73. The normalized spacial score (nSPS) is 12.7. The summed E-state index contributed by atoms with van der Waals surface area (Å²) < 4.78 is 39.6. The van der Waals surface area contributed by atoms with E-state index in [1.807, 2.05) is 20.0 Å². The van der Waals surface area contributed by atoms with E-state index in [0.29, 0.717) is 10.9 Å². The third-order valence-electron chi connectivity index (χ3n) is 2.76. The van der Waals surface area contributed by atoms with E-state index in [9.17, 15) is 13.2 Å². The highest BCUT2D eigenvalue weighted by molar-refractivity contribution is 7.15. The van der Waals surface area contributed by atoms with Crippen molar-refractivity contribution < 1.29 is 13.2 Å². The fraction of sp³-hybridized carbons (Fsp3) is 0.231. The van der Waals surface area contributed by atoms with Crippen molar-refractivity contribution in [1.29, 1.82) is 0 Å². The number of nitrogens with one attached hydrogen (secondary N) is 1. The van der Waals surface area contributed by atoms with E-state index < -0.39 is 17.5 Å². The summed E-state index contributed by atoms with van der Waals surface area (Å²) in [5.74, 6) is -2.96. The van der Waals surface area contributed by atoms with E-state index in [1.165, 1.54) is 11.3 Å². The zero-order valence-corrected chi connectivity index (χ0v) is 10.7. The van der Waals surface area contributed by atoms with Gasteiger partial charge in [-0.05, 0) is 32.2 Å². The van der Waals surface area contributed by atoms with Gasteiger partial charge in [-0.2, -0.15) is 0 Å². The summed E-state index contributed by atoms with van der Waals surface area (Å²) in [4.78, 5) is 1.60. The molecule has 2 rings (SSSR count). The molecule has 2 aromatic rings. The number of rotatable bonds is 3. The lowest BCUT2D eigenvalue weighted by atomic mass is 10.1. The summed E-state index contributed by atoms with van der Waals surface area (Å²) in [5, 5.41) is 3.06. The van der Waals surface area contributed by atoms with Crippen molar-refractivity contribution in [2.45, 2.75) is 13.0 Å². The van der Waals surface area contributed by atoms with E-state index >= 15 is 0 Å². The Bertz CT molecular complexity index is 565. The highest BCUT2D eigenvalue weighted by Crippen LogP contribution is 2.33. The van der Waals surface area contributed by atoms with Crippen LogP contribution >= 0.6 is 11.3 Å². The van der Waals surface area contributed by atoms with E-state index in [-0.39, 0.29) is 11.6 Å². The molecule has 0 spiro atoms. The summed E-state index contributed by atoms with van der Waals surface area (Å²) in [6.45, 7) is 1.97. The highest BCUT2D eigenvalue weighted by Gasteiger charge is 2.14. The van der Waals surface area contributed by atoms with Gasteiger partial charge in [0.1, 0.15) is 5.82 Å². The van der Waals surface area contributed by atoms with Crippen molar-refractivity contribution in [1.82, 2.24) is 5.32 Å². The SMILES string of the molecule is CNC(C)c1ccc(-c2cc(F)c(F)cc2F)s1. The molecular formula is C13H12F3NS. The predicted molar refractivity (Wildman–Crippen MR) is 67.1 cm³/mol. The van der Waals surface area contributed by atoms with Gasteiger partial charge in [-0.1, -0.05) is 0 Å². The molecular weight excluding hydrogens is 259 g/mol. The van der Waals surface area contributed by atoms with Crippen LogP contribution in [0.15, 0.2) is 24.3 Å². The van der Waals surface area contributed by atoms with Crippen LogP contribution < -0.4 is 5.32 Å². The van der Waals surface area contributed by atoms with Gasteiger partial charge in [-0.3, -0.25) is 0 Å². The molecule has 0 aliphatic carbocycles. The topological polar surface area (TPSA) is 12.0 Å². The number of hydrogen-bond donors (Lipinski definition) is 1. The first-order valence-corrected chi connectivity index (χ1v) is 6.26. The van der Waals surface area contributed by atoms with Crippen LogP contribution in [0.3, 0.4) is 0 Å². The molecule has 1 heterocycles. The Labute approximate surface area is 107 Å². The average molecular weight is 271 g/mol. The quantitative estimate of drug-likeness (QED) is 0.828. The second kappa shape index (κ2) is 5.12. The van der Waals surface area contributed by atoms with Gasteiger partial charge >= 0.3 is 0 Å². The van der Waals surface area contributed by atoms with Crippen molar-refractivity contribution in [2.75, 3.05) is 7.05 Å². The maximum absolute atomic E-state index is 13.6. The Morgan fingerprint density at radius 2 is 1.72 bits per heavy atom. The molecule has 0 fully saturated rings. The zero-order chi connectivity index (χ0) is 13.3. The van der Waals surface area contributed by atoms with Crippen LogP contribution in [0.5, 0.6) is 0 Å². The summed E-state index contributed by atoms with van der Waals surface area (Å²) in [7, 11) is 1.82. The van der Waals surface area contributed by atoms with E-state index in [0.717, 1.165) is 10.9 Å². The van der Waals surface area contributed by atoms with E-state index in [2.05, 4.69) is 5.32 Å². The fourth-order valence-electron chi connectivity index (χ4n) is 1.58. The van der Waals surface area contributed by atoms with Crippen molar-refractivity contribution in [2.24, 2.45) is 0 Å². The van der Waals surface area contributed by atoms with Crippen LogP contribution in [0.1, 0.15) is 17.8 Å². The molecule has 0 saturated heterocycles. The maximum Gasteiger partial charge on any atom is 0.161 e. The number of benzene rings is 1. The standard InChI is InChI=1S/C13H12F3NS/c1-7(17-2)12-3-4-13(18-12)8-5-10(15)11(16)6-9(8)14/h3-7,17H,1-2H3. The highest BCUT2D eigenvalue weighted by atomic mass is 32.1. The molecule has 1 nitrogen and oxygen atoms in total. The molecule has 5 heteroatoms. The largest absolute Gasteiger partial charge is 0.313 e. The first-order chi connectivity index (χ1) is 8.52. The molecule has 1 atom stereocenters. The van der Waals surface area contributed by atoms with Crippen LogP contribution in [0.4, 0.5) is 13.2 Å². The van der Waals surface area contributed by atoms with Gasteiger partial charge < -0.3 is 5.32 Å². The summed E-state index contributed by atoms with van der Waals surface area (Å²) in [6, 6.07) is 5.17. The average Bonchev–Trinajstić information content (AvgIpc) is 2.82. The first kappa shape index (κ1) is 13.1. The van der Waals surface area contributed by atoms with Gasteiger partial charge in [-0.25, -0.2) is 13.2 Å². The van der Waals surface area contributed by atoms with Gasteiger partial charge in [0, 0.05) is 27.4 Å². The Morgan fingerprint density at radius 3 is 2.39 bits per heavy atom. The minimum absolute atomic E-state index is 0.0912. The Balaban J connectivity index is 2.43. The van der Waals surface area contributed by atoms with Crippen molar-refractivity contribution in [3.8, 4) is 10.4 Å². The monoisotopic (exact) mass is 271 g/mol. The molecule has 1 N–H and O–H groups in total. The summed E-state index contributed by atoms with van der Waals surface area (Å²) in [6.07, 6.45) is 0. The van der Waals surface area contributed by atoms with Crippen molar-refractivity contribution >= 4 is 11.3 Å². The molecule has 0 amide bonds. The molecule has 18 heavy (non-hydrogen) atoms. The van der Waals surface area contributed by atoms with E-state index in [4.69, 9.17) is 0 Å². The number of halogens is 3. The predicted octanol–water partition coefficient (Wildman–Crippen LogP) is 4.11. The molecule has 0 radical (unpaired) electrons. The lowest BCUT2D eigenvalue weighted by Gasteiger charge is -2.06. The van der Waals surface area contributed by atoms with E-state index in [1.54, 1.807) is 6.07 Å². The van der Waals surface area contributed by atoms with Crippen molar-refractivity contribution in [3.63, 3.8) is 0 Å². The molecule has 0 aliphatic rings. The first-order valence-electron chi connectivity index (χ1n) is 5.45. The lowest BCUT2D eigenvalue weighted by Crippen LogP contribution is -2.10.